The van der Waals surface area contributed by atoms with Gasteiger partial charge in [-0.1, -0.05) is 18.2 Å². The topological polar surface area (TPSA) is 95.0 Å². The maximum Gasteiger partial charge on any atom is 0.168 e. The molecule has 0 aliphatic heterocycles. The first kappa shape index (κ1) is 18.5. The molecule has 9 nitrogen and oxygen atoms in total. The summed E-state index contributed by atoms with van der Waals surface area (Å²) < 4.78 is 8.98. The third kappa shape index (κ3) is 3.71. The molecule has 3 aromatic heterocycles. The van der Waals surface area contributed by atoms with Gasteiger partial charge in [-0.25, -0.2) is 19.6 Å². The number of anilines is 1. The molecule has 0 aliphatic carbocycles. The number of methoxy groups -OCH3 is 1. The largest absolute Gasteiger partial charge is 0.497 e. The van der Waals surface area contributed by atoms with Crippen LogP contribution in [0.4, 0.5) is 5.82 Å². The first-order valence-corrected chi connectivity index (χ1v) is 9.52. The monoisotopic (exact) mass is 410 g/mol. The number of hydrazone groups is 1. The molecule has 0 unspecified atom stereocenters. The van der Waals surface area contributed by atoms with Gasteiger partial charge >= 0.3 is 0 Å². The number of hydrogen-bond donors (Lipinski definition) is 1. The SMILES string of the molecule is COc1cccc(-n2ncc3c(NN=Cc4ccc(-n5ccnc5)cc4)ncnc32)c1. The van der Waals surface area contributed by atoms with Crippen LogP contribution in [-0.4, -0.2) is 42.6 Å². The number of hydrogen-bond acceptors (Lipinski definition) is 7. The molecule has 5 rings (SSSR count). The third-order valence-corrected chi connectivity index (χ3v) is 4.74. The molecule has 0 atom stereocenters. The molecule has 1 N–H and O–H groups in total. The van der Waals surface area contributed by atoms with Crippen molar-refractivity contribution in [3.8, 4) is 17.1 Å². The third-order valence-electron chi connectivity index (χ3n) is 4.74. The van der Waals surface area contributed by atoms with Crippen LogP contribution >= 0.6 is 0 Å². The normalized spacial score (nSPS) is 11.3. The summed E-state index contributed by atoms with van der Waals surface area (Å²) in [6, 6.07) is 15.6. The molecule has 31 heavy (non-hydrogen) atoms. The maximum atomic E-state index is 5.30. The van der Waals surface area contributed by atoms with Crippen molar-refractivity contribution < 1.29 is 4.74 Å². The van der Waals surface area contributed by atoms with Crippen LogP contribution in [0.1, 0.15) is 5.56 Å². The maximum absolute atomic E-state index is 5.30. The Hall–Kier alpha value is -4.53. The lowest BCUT2D eigenvalue weighted by atomic mass is 10.2. The van der Waals surface area contributed by atoms with Crippen molar-refractivity contribution >= 4 is 23.1 Å². The van der Waals surface area contributed by atoms with Crippen molar-refractivity contribution in [3.63, 3.8) is 0 Å². The van der Waals surface area contributed by atoms with Crippen LogP contribution < -0.4 is 10.2 Å². The number of nitrogens with one attached hydrogen (secondary N) is 1. The van der Waals surface area contributed by atoms with Crippen LogP contribution in [0.25, 0.3) is 22.4 Å². The number of benzene rings is 2. The highest BCUT2D eigenvalue weighted by Crippen LogP contribution is 2.23. The Kier molecular flexibility index (Phi) is 4.82. The lowest BCUT2D eigenvalue weighted by Crippen LogP contribution is -2.00. The molecular formula is C22H18N8O. The lowest BCUT2D eigenvalue weighted by molar-refractivity contribution is 0.414. The highest BCUT2D eigenvalue weighted by molar-refractivity contribution is 5.88. The van der Waals surface area contributed by atoms with E-state index < -0.39 is 0 Å². The molecule has 0 amide bonds. The number of imidazole rings is 1. The molecule has 0 bridgehead atoms. The van der Waals surface area contributed by atoms with Gasteiger partial charge in [-0.3, -0.25) is 5.43 Å². The van der Waals surface area contributed by atoms with Crippen molar-refractivity contribution in [2.75, 3.05) is 12.5 Å². The summed E-state index contributed by atoms with van der Waals surface area (Å²) in [5.74, 6) is 1.32. The predicted octanol–water partition coefficient (Wildman–Crippen LogP) is 3.46. The quantitative estimate of drug-likeness (QED) is 0.340. The van der Waals surface area contributed by atoms with E-state index in [1.54, 1.807) is 36.7 Å². The van der Waals surface area contributed by atoms with Crippen LogP contribution in [0.2, 0.25) is 0 Å². The van der Waals surface area contributed by atoms with Gasteiger partial charge in [-0.05, 0) is 29.8 Å². The second-order valence-corrected chi connectivity index (χ2v) is 6.65. The van der Waals surface area contributed by atoms with Crippen molar-refractivity contribution in [1.29, 1.82) is 0 Å². The zero-order valence-corrected chi connectivity index (χ0v) is 16.6. The van der Waals surface area contributed by atoms with E-state index in [0.717, 1.165) is 28.1 Å². The van der Waals surface area contributed by atoms with Crippen molar-refractivity contribution in [2.24, 2.45) is 5.10 Å². The van der Waals surface area contributed by atoms with Gasteiger partial charge in [-0.2, -0.15) is 10.2 Å². The first-order valence-electron chi connectivity index (χ1n) is 9.52. The molecule has 0 saturated carbocycles. The van der Waals surface area contributed by atoms with Crippen molar-refractivity contribution in [2.45, 2.75) is 0 Å². The van der Waals surface area contributed by atoms with Crippen LogP contribution in [0.15, 0.2) is 84.9 Å². The molecule has 2 aromatic carbocycles. The highest BCUT2D eigenvalue weighted by atomic mass is 16.5. The van der Waals surface area contributed by atoms with Crippen molar-refractivity contribution in [3.05, 3.63) is 85.3 Å². The molecule has 9 heteroatoms. The van der Waals surface area contributed by atoms with Crippen LogP contribution in [0.5, 0.6) is 5.75 Å². The summed E-state index contributed by atoms with van der Waals surface area (Å²) in [5, 5.41) is 9.55. The first-order chi connectivity index (χ1) is 15.3. The summed E-state index contributed by atoms with van der Waals surface area (Å²) in [4.78, 5) is 12.7. The van der Waals surface area contributed by atoms with Gasteiger partial charge in [0.1, 0.15) is 12.1 Å². The standard InChI is InChI=1S/C22H18N8O/c1-31-19-4-2-3-18(11-19)30-22-20(13-27-30)21(24-14-25-22)28-26-12-16-5-7-17(8-6-16)29-10-9-23-15-29/h2-15H,1H3,(H,24,25,28). The Morgan fingerprint density at radius 3 is 2.77 bits per heavy atom. The minimum absolute atomic E-state index is 0.574. The van der Waals surface area contributed by atoms with Crippen molar-refractivity contribution in [1.82, 2.24) is 29.3 Å². The summed E-state index contributed by atoms with van der Waals surface area (Å²) in [5.41, 5.74) is 6.50. The molecule has 3 heterocycles. The molecule has 0 spiro atoms. The fraction of sp³-hybridized carbons (Fsp3) is 0.0455. The van der Waals surface area contributed by atoms with E-state index in [1.807, 2.05) is 59.3 Å². The van der Waals surface area contributed by atoms with E-state index >= 15 is 0 Å². The number of nitrogens with zero attached hydrogens (tertiary/aromatic N) is 7. The van der Waals surface area contributed by atoms with Gasteiger partial charge in [0, 0.05) is 24.1 Å². The number of fused-ring (bicyclic) bond motifs is 1. The zero-order chi connectivity index (χ0) is 21.0. The Morgan fingerprint density at radius 1 is 1.06 bits per heavy atom. The highest BCUT2D eigenvalue weighted by Gasteiger charge is 2.11. The lowest BCUT2D eigenvalue weighted by Gasteiger charge is -2.06. The molecule has 0 fully saturated rings. The van der Waals surface area contributed by atoms with E-state index in [1.165, 1.54) is 6.33 Å². The fourth-order valence-corrected chi connectivity index (χ4v) is 3.18. The average Bonchev–Trinajstić information content (AvgIpc) is 3.50. The minimum Gasteiger partial charge on any atom is -0.497 e. The second kappa shape index (κ2) is 8.07. The molecule has 5 aromatic rings. The van der Waals surface area contributed by atoms with Crippen LogP contribution in [0, 0.1) is 0 Å². The van der Waals surface area contributed by atoms with E-state index in [4.69, 9.17) is 4.74 Å². The number of ether oxygens (including phenoxy) is 1. The van der Waals surface area contributed by atoms with Crippen LogP contribution in [-0.2, 0) is 0 Å². The van der Waals surface area contributed by atoms with Crippen LogP contribution in [0.3, 0.4) is 0 Å². The summed E-state index contributed by atoms with van der Waals surface area (Å²) in [7, 11) is 1.63. The van der Waals surface area contributed by atoms with Gasteiger partial charge < -0.3 is 9.30 Å². The van der Waals surface area contributed by atoms with Gasteiger partial charge in [0.15, 0.2) is 11.5 Å². The zero-order valence-electron chi connectivity index (χ0n) is 16.6. The minimum atomic E-state index is 0.574. The second-order valence-electron chi connectivity index (χ2n) is 6.65. The average molecular weight is 410 g/mol. The van der Waals surface area contributed by atoms with Gasteiger partial charge in [0.05, 0.1) is 36.9 Å². The van der Waals surface area contributed by atoms with E-state index in [9.17, 15) is 0 Å². The van der Waals surface area contributed by atoms with E-state index in [-0.39, 0.29) is 0 Å². The Labute approximate surface area is 177 Å². The number of rotatable bonds is 6. The molecule has 0 aliphatic rings. The summed E-state index contributed by atoms with van der Waals surface area (Å²) >= 11 is 0. The Morgan fingerprint density at radius 2 is 1.97 bits per heavy atom. The van der Waals surface area contributed by atoms with Gasteiger partial charge in [-0.15, -0.1) is 0 Å². The van der Waals surface area contributed by atoms with Gasteiger partial charge in [0.25, 0.3) is 0 Å². The van der Waals surface area contributed by atoms with Gasteiger partial charge in [0.2, 0.25) is 0 Å². The molecule has 152 valence electrons. The smallest absolute Gasteiger partial charge is 0.168 e. The van der Waals surface area contributed by atoms with E-state index in [0.29, 0.717) is 11.5 Å². The Bertz CT molecular complexity index is 1340. The molecule has 0 radical (unpaired) electrons. The summed E-state index contributed by atoms with van der Waals surface area (Å²) in [6.45, 7) is 0. The molecular weight excluding hydrogens is 392 g/mol. The molecule has 0 saturated heterocycles. The summed E-state index contributed by atoms with van der Waals surface area (Å²) in [6.07, 6.45) is 10.3. The fourth-order valence-electron chi connectivity index (χ4n) is 3.18. The van der Waals surface area contributed by atoms with E-state index in [2.05, 4.69) is 30.6 Å². The number of aromatic nitrogens is 6. The predicted molar refractivity (Wildman–Crippen MR) is 118 cm³/mol. The Balaban J connectivity index is 1.37.